The fourth-order valence-electron chi connectivity index (χ4n) is 19.7. The number of rotatable bonds is 10. The van der Waals surface area contributed by atoms with Crippen LogP contribution in [-0.4, -0.2) is 63.9 Å². The van der Waals surface area contributed by atoms with Crippen LogP contribution in [0.15, 0.2) is 0 Å². The van der Waals surface area contributed by atoms with Gasteiger partial charge in [-0.2, -0.15) is 0 Å². The van der Waals surface area contributed by atoms with Crippen LogP contribution >= 0.6 is 0 Å². The van der Waals surface area contributed by atoms with Gasteiger partial charge in [0.05, 0.1) is 30.5 Å². The van der Waals surface area contributed by atoms with Crippen molar-refractivity contribution in [3.63, 3.8) is 0 Å². The van der Waals surface area contributed by atoms with Crippen LogP contribution in [0.1, 0.15) is 192 Å². The fraction of sp³-hybridized carbons (Fsp3) is 1.00. The van der Waals surface area contributed by atoms with Crippen LogP contribution in [0.5, 0.6) is 0 Å². The van der Waals surface area contributed by atoms with Crippen molar-refractivity contribution in [2.24, 2.45) is 110 Å². The summed E-state index contributed by atoms with van der Waals surface area (Å²) in [4.78, 5) is 0. The molecule has 360 valence electrons. The molecule has 8 nitrogen and oxygen atoms in total. The van der Waals surface area contributed by atoms with E-state index >= 15 is 0 Å². The van der Waals surface area contributed by atoms with E-state index < -0.39 is 16.5 Å². The monoisotopic (exact) mass is 913 g/mol. The van der Waals surface area contributed by atoms with Gasteiger partial charge in [0.1, 0.15) is 0 Å². The predicted molar refractivity (Wildman–Crippen MR) is 246 cm³/mol. The maximum atomic E-state index is 11.8. The SMILES string of the molecule is CC[C@H]1[C@@H](O)C2C3CC[C@H]([C@H](C)C[C@H](C)O)[C@@]3(C)CCC2[C@@]2(C)CC[C@@H](C)C[C@@H]12.CC[C@H]1[C@@H](O)C2C3CC[C@H]([C@H](C)C[C@H](C)OS(=O)(=O)[O-])[C@@]3(C)CCC2[C@@]2(C)CC[C@@H](O)C[C@@H]12.[Na+]. The van der Waals surface area contributed by atoms with Gasteiger partial charge in [0.15, 0.2) is 0 Å². The van der Waals surface area contributed by atoms with Gasteiger partial charge in [-0.05, 0) is 221 Å². The van der Waals surface area contributed by atoms with Gasteiger partial charge < -0.3 is 25.0 Å². The van der Waals surface area contributed by atoms with E-state index in [4.69, 9.17) is 4.18 Å². The van der Waals surface area contributed by atoms with Gasteiger partial charge in [-0.25, -0.2) is 8.42 Å². The first-order valence-electron chi connectivity index (χ1n) is 26.3. The van der Waals surface area contributed by atoms with Crippen molar-refractivity contribution in [3.8, 4) is 0 Å². The third-order valence-electron chi connectivity index (χ3n) is 22.3. The number of aliphatic hydroxyl groups excluding tert-OH is 4. The first-order chi connectivity index (χ1) is 28.9. The molecule has 8 rings (SSSR count). The van der Waals surface area contributed by atoms with E-state index in [-0.39, 0.29) is 76.6 Å². The molecule has 8 aliphatic rings. The average molecular weight is 913 g/mol. The second-order valence-corrected chi connectivity index (χ2v) is 26.3. The molecule has 8 aliphatic carbocycles. The van der Waals surface area contributed by atoms with Crippen LogP contribution < -0.4 is 29.6 Å². The van der Waals surface area contributed by atoms with E-state index in [0.717, 1.165) is 82.0 Å². The van der Waals surface area contributed by atoms with Gasteiger partial charge in [-0.1, -0.05) is 81.6 Å². The van der Waals surface area contributed by atoms with Gasteiger partial charge >= 0.3 is 29.6 Å². The Morgan fingerprint density at radius 2 is 1.02 bits per heavy atom. The topological polar surface area (TPSA) is 147 Å². The van der Waals surface area contributed by atoms with Crippen LogP contribution in [0.25, 0.3) is 0 Å². The summed E-state index contributed by atoms with van der Waals surface area (Å²) in [5.41, 5.74) is 1.12. The van der Waals surface area contributed by atoms with Crippen molar-refractivity contribution < 1.29 is 67.1 Å². The quantitative estimate of drug-likeness (QED) is 0.0987. The molecule has 0 radical (unpaired) electrons. The first-order valence-corrected chi connectivity index (χ1v) is 27.6. The van der Waals surface area contributed by atoms with Gasteiger partial charge in [0, 0.05) is 0 Å². The van der Waals surface area contributed by atoms with Crippen molar-refractivity contribution in [1.82, 2.24) is 0 Å². The Hall–Kier alpha value is 0.710. The Morgan fingerprint density at radius 3 is 1.46 bits per heavy atom. The van der Waals surface area contributed by atoms with Crippen molar-refractivity contribution in [2.45, 2.75) is 222 Å². The molecule has 0 aromatic carbocycles. The fourth-order valence-corrected chi connectivity index (χ4v) is 20.2. The minimum Gasteiger partial charge on any atom is -0.726 e. The Balaban J connectivity index is 0.000000208. The van der Waals surface area contributed by atoms with Crippen LogP contribution in [0, 0.1) is 110 Å². The predicted octanol–water partition coefficient (Wildman–Crippen LogP) is 7.80. The Morgan fingerprint density at radius 1 is 0.603 bits per heavy atom. The summed E-state index contributed by atoms with van der Waals surface area (Å²) in [5, 5.41) is 44.0. The summed E-state index contributed by atoms with van der Waals surface area (Å²) < 4.78 is 37.8. The zero-order valence-electron chi connectivity index (χ0n) is 42.1. The number of fused-ring (bicyclic) bond motifs is 10. The van der Waals surface area contributed by atoms with Crippen LogP contribution in [0.2, 0.25) is 0 Å². The van der Waals surface area contributed by atoms with Gasteiger partial charge in [0.2, 0.25) is 10.4 Å². The molecule has 0 heterocycles. The van der Waals surface area contributed by atoms with E-state index in [1.165, 1.54) is 44.9 Å². The summed E-state index contributed by atoms with van der Waals surface area (Å²) in [6.07, 6.45) is 18.8. The zero-order chi connectivity index (χ0) is 45.5. The van der Waals surface area contributed by atoms with Gasteiger partial charge in [-0.15, -0.1) is 0 Å². The van der Waals surface area contributed by atoms with E-state index in [9.17, 15) is 33.4 Å². The molecule has 0 amide bonds. The second-order valence-electron chi connectivity index (χ2n) is 25.3. The summed E-state index contributed by atoms with van der Waals surface area (Å²) in [6.45, 7) is 25.2. The Bertz CT molecular complexity index is 1650. The smallest absolute Gasteiger partial charge is 0.726 e. The first kappa shape index (κ1) is 53.1. The molecule has 0 aliphatic heterocycles. The molecule has 24 atom stereocenters. The molecule has 0 aromatic heterocycles. The van der Waals surface area contributed by atoms with Crippen LogP contribution in [-0.2, 0) is 14.6 Å². The standard InChI is InChI=1S/C27H48O2.C26H46O6S.Na/c1-7-19-23-14-16(2)10-12-27(23,6)22-11-13-26(5)20(17(3)15-18(4)28)8-9-21(26)24(22)25(19)29;1-6-18-22-14-17(27)9-11-26(22,5)21-10-12-25(4)19(7-8-20(25)23(21)24(18)28)15(2)13-16(3)32-33(29,30)31;/h16-25,28-29H,7-15H2,1-6H3;15-24,27-28H,6-14H2,1-5H3,(H,29,30,31);/q;;+1/p-1/t16-,17-,18+,19-,20-,21?,22?,23+,24?,25-,26-,27-;15-,16+,17-,18-,19-,20?,21?,22+,23?,24-,25-,26-;/m11./s1. The van der Waals surface area contributed by atoms with Crippen molar-refractivity contribution >= 4 is 10.4 Å². The third kappa shape index (κ3) is 9.53. The van der Waals surface area contributed by atoms with E-state index in [1.807, 2.05) is 6.92 Å². The number of hydrogen-bond donors (Lipinski definition) is 4. The number of hydrogen-bond acceptors (Lipinski definition) is 8. The minimum atomic E-state index is -4.69. The zero-order valence-corrected chi connectivity index (χ0v) is 44.9. The normalized spacial score (nSPS) is 50.9. The van der Waals surface area contributed by atoms with Crippen LogP contribution in [0.3, 0.4) is 0 Å². The average Bonchev–Trinajstić information content (AvgIpc) is 3.72. The summed E-state index contributed by atoms with van der Waals surface area (Å²) in [6, 6.07) is 0. The molecule has 8 saturated carbocycles. The molecule has 0 saturated heterocycles. The summed E-state index contributed by atoms with van der Waals surface area (Å²) in [7, 11) is -4.69. The number of aliphatic hydroxyl groups is 4. The third-order valence-corrected chi connectivity index (χ3v) is 22.9. The molecule has 0 aromatic rings. The molecule has 0 spiro atoms. The molecule has 4 N–H and O–H groups in total. The molecule has 63 heavy (non-hydrogen) atoms. The maximum absolute atomic E-state index is 11.8. The Labute approximate surface area is 407 Å². The molecular weight excluding hydrogens is 820 g/mol. The van der Waals surface area contributed by atoms with E-state index in [2.05, 4.69) is 62.3 Å². The van der Waals surface area contributed by atoms with Crippen molar-refractivity contribution in [1.29, 1.82) is 0 Å². The summed E-state index contributed by atoms with van der Waals surface area (Å²) >= 11 is 0. The molecule has 6 unspecified atom stereocenters. The Kier molecular flexibility index (Phi) is 16.7. The van der Waals surface area contributed by atoms with E-state index in [0.29, 0.717) is 76.4 Å². The molecular formula is C53H93NaO8S. The molecule has 8 fully saturated rings. The van der Waals surface area contributed by atoms with Crippen molar-refractivity contribution in [2.75, 3.05) is 0 Å². The molecule has 0 bridgehead atoms. The minimum absolute atomic E-state index is 0. The van der Waals surface area contributed by atoms with Crippen molar-refractivity contribution in [3.05, 3.63) is 0 Å². The van der Waals surface area contributed by atoms with Crippen LogP contribution in [0.4, 0.5) is 0 Å². The summed E-state index contributed by atoms with van der Waals surface area (Å²) in [5.74, 6) is 7.90. The van der Waals surface area contributed by atoms with E-state index in [1.54, 1.807) is 6.92 Å². The molecule has 10 heteroatoms. The van der Waals surface area contributed by atoms with Gasteiger partial charge in [-0.3, -0.25) is 4.18 Å². The largest absolute Gasteiger partial charge is 1.00 e. The van der Waals surface area contributed by atoms with Gasteiger partial charge in [0.25, 0.3) is 0 Å². The second kappa shape index (κ2) is 19.8. The maximum Gasteiger partial charge on any atom is 1.00 e.